The fourth-order valence-electron chi connectivity index (χ4n) is 4.81. The molecule has 1 atom stereocenters. The maximum atomic E-state index is 13.3. The average molecular weight is 380 g/mol. The summed E-state index contributed by atoms with van der Waals surface area (Å²) in [6.45, 7) is 4.73. The summed E-state index contributed by atoms with van der Waals surface area (Å²) in [6.07, 6.45) is 3.09. The second kappa shape index (κ2) is 6.81. The Morgan fingerprint density at radius 2 is 2.00 bits per heavy atom. The zero-order valence-electron chi connectivity index (χ0n) is 16.1. The fraction of sp³-hybridized carbons (Fsp3) is 0.524. The molecule has 1 fully saturated rings. The van der Waals surface area contributed by atoms with Crippen LogP contribution in [0.3, 0.4) is 0 Å². The summed E-state index contributed by atoms with van der Waals surface area (Å²) in [5.41, 5.74) is 2.27. The zero-order chi connectivity index (χ0) is 19.3. The minimum atomic E-state index is -0.0136. The predicted molar refractivity (Wildman–Crippen MR) is 101 cm³/mol. The van der Waals surface area contributed by atoms with Crippen LogP contribution in [-0.4, -0.2) is 51.1 Å². The molecule has 1 aliphatic carbocycles. The first-order valence-electron chi connectivity index (χ1n) is 10.1. The number of carbonyl (C=O) groups excluding carboxylic acids is 2. The highest BCUT2D eigenvalue weighted by atomic mass is 16.5. The van der Waals surface area contributed by atoms with E-state index in [1.54, 1.807) is 0 Å². The number of ketones is 1. The molecule has 0 unspecified atom stereocenters. The molecule has 0 saturated carbocycles. The quantitative estimate of drug-likeness (QED) is 0.800. The summed E-state index contributed by atoms with van der Waals surface area (Å²) < 4.78 is 7.70. The molecule has 0 bridgehead atoms. The number of nitrogens with zero attached hydrogens (tertiary/aromatic N) is 4. The van der Waals surface area contributed by atoms with Gasteiger partial charge in [-0.2, -0.15) is 0 Å². The van der Waals surface area contributed by atoms with Crippen LogP contribution in [0, 0.1) is 0 Å². The number of Topliss-reactive ketones (excluding diaryl/α,β-unsaturated/α-hetero) is 1. The van der Waals surface area contributed by atoms with Crippen LogP contribution in [0.1, 0.15) is 76.1 Å². The van der Waals surface area contributed by atoms with Gasteiger partial charge in [0.1, 0.15) is 5.82 Å². The monoisotopic (exact) mass is 380 g/mol. The highest BCUT2D eigenvalue weighted by Gasteiger charge is 2.34. The molecule has 1 saturated heterocycles. The summed E-state index contributed by atoms with van der Waals surface area (Å²) in [5, 5.41) is 8.90. The van der Waals surface area contributed by atoms with Crippen LogP contribution in [0.4, 0.5) is 0 Å². The van der Waals surface area contributed by atoms with Gasteiger partial charge in [-0.05, 0) is 37.8 Å². The van der Waals surface area contributed by atoms with Crippen LogP contribution in [0.15, 0.2) is 18.2 Å². The zero-order valence-corrected chi connectivity index (χ0v) is 16.1. The predicted octanol–water partition coefficient (Wildman–Crippen LogP) is 2.52. The van der Waals surface area contributed by atoms with E-state index in [4.69, 9.17) is 4.74 Å². The van der Waals surface area contributed by atoms with Crippen molar-refractivity contribution in [3.63, 3.8) is 0 Å². The Kier molecular flexibility index (Phi) is 4.27. The van der Waals surface area contributed by atoms with Crippen molar-refractivity contribution in [3.05, 3.63) is 46.5 Å². The van der Waals surface area contributed by atoms with Gasteiger partial charge in [-0.1, -0.05) is 12.1 Å². The molecule has 1 aromatic heterocycles. The van der Waals surface area contributed by atoms with Crippen LogP contribution in [0.2, 0.25) is 0 Å². The van der Waals surface area contributed by atoms with Crippen molar-refractivity contribution in [1.29, 1.82) is 0 Å². The molecule has 7 nitrogen and oxygen atoms in total. The van der Waals surface area contributed by atoms with Crippen LogP contribution >= 0.6 is 0 Å². The van der Waals surface area contributed by atoms with Crippen LogP contribution in [-0.2, 0) is 17.7 Å². The molecular weight excluding hydrogens is 356 g/mol. The molecule has 7 heteroatoms. The lowest BCUT2D eigenvalue weighted by molar-refractivity contribution is 0.0667. The number of benzene rings is 1. The Morgan fingerprint density at radius 3 is 2.82 bits per heavy atom. The lowest BCUT2D eigenvalue weighted by Crippen LogP contribution is -2.41. The van der Waals surface area contributed by atoms with E-state index >= 15 is 0 Å². The molecule has 2 aromatic rings. The van der Waals surface area contributed by atoms with E-state index in [1.165, 1.54) is 0 Å². The second-order valence-corrected chi connectivity index (χ2v) is 8.02. The lowest BCUT2D eigenvalue weighted by atomic mass is 9.98. The van der Waals surface area contributed by atoms with Crippen LogP contribution in [0.5, 0.6) is 0 Å². The minimum Gasteiger partial charge on any atom is -0.381 e. The van der Waals surface area contributed by atoms with Crippen molar-refractivity contribution < 1.29 is 14.3 Å². The molecule has 2 aliphatic heterocycles. The van der Waals surface area contributed by atoms with E-state index in [2.05, 4.69) is 21.7 Å². The molecule has 28 heavy (non-hydrogen) atoms. The summed E-state index contributed by atoms with van der Waals surface area (Å²) in [6, 6.07) is 5.61. The molecule has 3 heterocycles. The lowest BCUT2D eigenvalue weighted by Gasteiger charge is -2.34. The van der Waals surface area contributed by atoms with Gasteiger partial charge in [0, 0.05) is 43.2 Å². The van der Waals surface area contributed by atoms with E-state index in [9.17, 15) is 9.59 Å². The van der Waals surface area contributed by atoms with E-state index in [1.807, 2.05) is 23.1 Å². The highest BCUT2D eigenvalue weighted by molar-refractivity contribution is 6.05. The summed E-state index contributed by atoms with van der Waals surface area (Å²) >= 11 is 0. The topological polar surface area (TPSA) is 77.3 Å². The Balaban J connectivity index is 1.42. The molecule has 3 aliphatic rings. The van der Waals surface area contributed by atoms with Crippen molar-refractivity contribution in [2.24, 2.45) is 0 Å². The maximum absolute atomic E-state index is 13.3. The second-order valence-electron chi connectivity index (χ2n) is 8.02. The van der Waals surface area contributed by atoms with Gasteiger partial charge in [0.2, 0.25) is 0 Å². The molecule has 1 amide bonds. The molecular formula is C21H24N4O3. The van der Waals surface area contributed by atoms with E-state index in [0.717, 1.165) is 43.3 Å². The van der Waals surface area contributed by atoms with Crippen molar-refractivity contribution in [2.45, 2.75) is 51.1 Å². The van der Waals surface area contributed by atoms with Crippen LogP contribution in [0.25, 0.3) is 0 Å². The molecule has 0 N–H and O–H groups in total. The maximum Gasteiger partial charge on any atom is 0.254 e. The highest BCUT2D eigenvalue weighted by Crippen LogP contribution is 2.32. The van der Waals surface area contributed by atoms with E-state index in [-0.39, 0.29) is 17.7 Å². The van der Waals surface area contributed by atoms with Gasteiger partial charge in [-0.25, -0.2) is 0 Å². The van der Waals surface area contributed by atoms with E-state index in [0.29, 0.717) is 43.0 Å². The van der Waals surface area contributed by atoms with Crippen LogP contribution < -0.4 is 0 Å². The smallest absolute Gasteiger partial charge is 0.254 e. The average Bonchev–Trinajstić information content (AvgIpc) is 3.32. The third-order valence-electron chi connectivity index (χ3n) is 6.23. The number of hydrogen-bond acceptors (Lipinski definition) is 5. The third-order valence-corrected chi connectivity index (χ3v) is 6.23. The van der Waals surface area contributed by atoms with Gasteiger partial charge in [-0.15, -0.1) is 10.2 Å². The number of rotatable bonds is 2. The summed E-state index contributed by atoms with van der Waals surface area (Å²) in [7, 11) is 0. The van der Waals surface area contributed by atoms with Gasteiger partial charge in [0.25, 0.3) is 5.91 Å². The number of aromatic nitrogens is 3. The Bertz CT molecular complexity index is 945. The number of carbonyl (C=O) groups is 2. The molecule has 1 aromatic carbocycles. The van der Waals surface area contributed by atoms with Crippen molar-refractivity contribution >= 4 is 11.7 Å². The molecule has 0 radical (unpaired) electrons. The summed E-state index contributed by atoms with van der Waals surface area (Å²) in [4.78, 5) is 27.1. The number of ether oxygens (including phenoxy) is 1. The number of hydrogen-bond donors (Lipinski definition) is 0. The Labute approximate surface area is 163 Å². The Hall–Kier alpha value is -2.54. The van der Waals surface area contributed by atoms with Crippen molar-refractivity contribution in [2.75, 3.05) is 19.8 Å². The van der Waals surface area contributed by atoms with Gasteiger partial charge in [-0.3, -0.25) is 9.59 Å². The van der Waals surface area contributed by atoms with Gasteiger partial charge >= 0.3 is 0 Å². The third kappa shape index (κ3) is 2.76. The van der Waals surface area contributed by atoms with E-state index < -0.39 is 0 Å². The fourth-order valence-corrected chi connectivity index (χ4v) is 4.81. The number of fused-ring (bicyclic) bond motifs is 2. The molecule has 0 spiro atoms. The summed E-state index contributed by atoms with van der Waals surface area (Å²) in [5.74, 6) is 2.38. The largest absolute Gasteiger partial charge is 0.381 e. The SMILES string of the molecule is C[C@H]1CN(C(=O)c2cccc3c2CCC3=O)Cc2nnc(C3CCOCC3)n21. The molecule has 5 rings (SSSR count). The molecule has 146 valence electrons. The van der Waals surface area contributed by atoms with Crippen molar-refractivity contribution in [3.8, 4) is 0 Å². The standard InChI is InChI=1S/C21H24N4O3/c1-13-11-24(21(27)17-4-2-3-16-15(17)5-6-18(16)26)12-19-22-23-20(25(13)19)14-7-9-28-10-8-14/h2-4,13-14H,5-12H2,1H3/t13-/m0/s1. The minimum absolute atomic E-state index is 0.0136. The van der Waals surface area contributed by atoms with Crippen molar-refractivity contribution in [1.82, 2.24) is 19.7 Å². The first kappa shape index (κ1) is 17.6. The Morgan fingerprint density at radius 1 is 1.18 bits per heavy atom. The van der Waals surface area contributed by atoms with Gasteiger partial charge in [0.05, 0.1) is 12.6 Å². The van der Waals surface area contributed by atoms with Gasteiger partial charge < -0.3 is 14.2 Å². The van der Waals surface area contributed by atoms with Gasteiger partial charge in [0.15, 0.2) is 11.6 Å². The first-order valence-corrected chi connectivity index (χ1v) is 10.1. The first-order chi connectivity index (χ1) is 13.6. The normalized spacial score (nSPS) is 22.2. The number of amides is 1.